The number of aryl methyl sites for hydroxylation is 2. The predicted octanol–water partition coefficient (Wildman–Crippen LogP) is 3.63. The minimum Gasteiger partial charge on any atom is -0.418 e. The van der Waals surface area contributed by atoms with E-state index in [0.717, 1.165) is 32.5 Å². The van der Waals surface area contributed by atoms with Crippen LogP contribution in [0.3, 0.4) is 0 Å². The Morgan fingerprint density at radius 3 is 2.68 bits per heavy atom. The van der Waals surface area contributed by atoms with Crippen molar-refractivity contribution in [3.8, 4) is 11.7 Å². The highest BCUT2D eigenvalue weighted by atomic mass is 32.1. The molecule has 9 nitrogen and oxygen atoms in total. The Morgan fingerprint density at radius 1 is 1.13 bits per heavy atom. The first-order valence-electron chi connectivity index (χ1n) is 9.68. The number of nitrogens with zero attached hydrogens (tertiary/aromatic N) is 8. The quantitative estimate of drug-likeness (QED) is 0.465. The van der Waals surface area contributed by atoms with Crippen molar-refractivity contribution in [2.24, 2.45) is 0 Å². The lowest BCUT2D eigenvalue weighted by atomic mass is 10.2. The van der Waals surface area contributed by atoms with Crippen LogP contribution in [0, 0.1) is 6.92 Å². The lowest BCUT2D eigenvalue weighted by Crippen LogP contribution is -2.36. The summed E-state index contributed by atoms with van der Waals surface area (Å²) >= 11 is 1.56. The maximum atomic E-state index is 13.2. The average molecular weight is 450 g/mol. The number of aromatic nitrogens is 7. The number of hydrogen-bond acceptors (Lipinski definition) is 9. The van der Waals surface area contributed by atoms with Crippen LogP contribution in [0.25, 0.3) is 21.9 Å². The molecule has 1 aliphatic rings. The summed E-state index contributed by atoms with van der Waals surface area (Å²) in [7, 11) is 0. The highest BCUT2D eigenvalue weighted by Gasteiger charge is 2.39. The molecule has 13 heteroatoms. The average Bonchev–Trinajstić information content (AvgIpc) is 3.43. The molecular formula is C18H17F3N8OS. The first kappa shape index (κ1) is 19.8. The molecule has 0 atom stereocenters. The van der Waals surface area contributed by atoms with Crippen molar-refractivity contribution in [2.75, 3.05) is 11.4 Å². The Kier molecular flexibility index (Phi) is 4.64. The highest BCUT2D eigenvalue weighted by Crippen LogP contribution is 2.36. The van der Waals surface area contributed by atoms with Crippen LogP contribution in [0.1, 0.15) is 35.8 Å². The number of halogens is 3. The van der Waals surface area contributed by atoms with Crippen molar-refractivity contribution in [1.29, 1.82) is 0 Å². The Hall–Kier alpha value is -3.09. The summed E-state index contributed by atoms with van der Waals surface area (Å²) in [6.45, 7) is 4.34. The minimum absolute atomic E-state index is 0.101. The van der Waals surface area contributed by atoms with E-state index < -0.39 is 12.0 Å². The van der Waals surface area contributed by atoms with Crippen LogP contribution in [0.4, 0.5) is 19.0 Å². The molecule has 4 aromatic heterocycles. The van der Waals surface area contributed by atoms with Gasteiger partial charge in [0.1, 0.15) is 10.6 Å². The van der Waals surface area contributed by atoms with Gasteiger partial charge >= 0.3 is 6.18 Å². The van der Waals surface area contributed by atoms with Gasteiger partial charge in [-0.2, -0.15) is 13.2 Å². The van der Waals surface area contributed by atoms with E-state index in [9.17, 15) is 13.2 Å². The van der Waals surface area contributed by atoms with Crippen molar-refractivity contribution in [1.82, 2.24) is 34.9 Å². The van der Waals surface area contributed by atoms with E-state index >= 15 is 0 Å². The Balaban J connectivity index is 1.59. The number of rotatable bonds is 4. The van der Waals surface area contributed by atoms with E-state index in [1.165, 1.54) is 0 Å². The van der Waals surface area contributed by atoms with Crippen molar-refractivity contribution in [3.05, 3.63) is 28.5 Å². The third-order valence-electron chi connectivity index (χ3n) is 4.94. The van der Waals surface area contributed by atoms with E-state index in [2.05, 4.69) is 37.3 Å². The zero-order valence-electron chi connectivity index (χ0n) is 16.6. The highest BCUT2D eigenvalue weighted by molar-refractivity contribution is 7.18. The van der Waals surface area contributed by atoms with Gasteiger partial charge in [-0.25, -0.2) is 9.97 Å². The third kappa shape index (κ3) is 3.52. The van der Waals surface area contributed by atoms with Crippen LogP contribution in [-0.4, -0.2) is 41.5 Å². The van der Waals surface area contributed by atoms with Crippen molar-refractivity contribution < 1.29 is 17.6 Å². The van der Waals surface area contributed by atoms with Gasteiger partial charge in [0.05, 0.1) is 11.9 Å². The molecule has 5 rings (SSSR count). The molecule has 0 N–H and O–H groups in total. The largest absolute Gasteiger partial charge is 0.451 e. The summed E-state index contributed by atoms with van der Waals surface area (Å²) in [4.78, 5) is 13.1. The summed E-state index contributed by atoms with van der Waals surface area (Å²) < 4.78 is 46.1. The molecule has 4 aromatic rings. The van der Waals surface area contributed by atoms with Gasteiger partial charge in [0.25, 0.3) is 5.89 Å². The molecule has 0 amide bonds. The molecule has 0 spiro atoms. The van der Waals surface area contributed by atoms with E-state index in [1.807, 2.05) is 11.0 Å². The zero-order valence-corrected chi connectivity index (χ0v) is 17.5. The summed E-state index contributed by atoms with van der Waals surface area (Å²) in [6.07, 6.45) is -2.65. The molecule has 0 aromatic carbocycles. The van der Waals surface area contributed by atoms with Crippen LogP contribution in [0.5, 0.6) is 0 Å². The van der Waals surface area contributed by atoms with E-state index in [4.69, 9.17) is 4.42 Å². The first-order valence-corrected chi connectivity index (χ1v) is 10.5. The van der Waals surface area contributed by atoms with Gasteiger partial charge in [-0.3, -0.25) is 0 Å². The molecule has 0 radical (unpaired) electrons. The summed E-state index contributed by atoms with van der Waals surface area (Å²) in [5.41, 5.74) is 0. The molecule has 5 heterocycles. The normalized spacial score (nSPS) is 14.4. The SMILES string of the molecule is CCCc1cc2c(N3CCn4c(nnc4C(F)(F)F)C3)nc(-c3nnc(C)o3)nc2s1. The zero-order chi connectivity index (χ0) is 21.8. The molecule has 0 saturated carbocycles. The van der Waals surface area contributed by atoms with E-state index in [-0.39, 0.29) is 30.6 Å². The summed E-state index contributed by atoms with van der Waals surface area (Å²) in [5.74, 6) is 0.755. The molecular weight excluding hydrogens is 433 g/mol. The molecule has 0 saturated heterocycles. The van der Waals surface area contributed by atoms with Gasteiger partial charge in [-0.15, -0.1) is 31.7 Å². The van der Waals surface area contributed by atoms with Gasteiger partial charge in [0.2, 0.25) is 17.5 Å². The van der Waals surface area contributed by atoms with Crippen molar-refractivity contribution in [3.63, 3.8) is 0 Å². The monoisotopic (exact) mass is 450 g/mol. The van der Waals surface area contributed by atoms with Gasteiger partial charge in [-0.05, 0) is 12.5 Å². The number of hydrogen-bond donors (Lipinski definition) is 0. The second-order valence-corrected chi connectivity index (χ2v) is 8.30. The molecule has 0 fully saturated rings. The van der Waals surface area contributed by atoms with Crippen LogP contribution in [-0.2, 0) is 25.7 Å². The fourth-order valence-corrected chi connectivity index (χ4v) is 4.72. The molecule has 31 heavy (non-hydrogen) atoms. The van der Waals surface area contributed by atoms with Gasteiger partial charge in [0, 0.05) is 24.9 Å². The first-order chi connectivity index (χ1) is 14.8. The lowest BCUT2D eigenvalue weighted by molar-refractivity contribution is -0.147. The Labute approximate surface area is 178 Å². The number of alkyl halides is 3. The number of fused-ring (bicyclic) bond motifs is 2. The van der Waals surface area contributed by atoms with Crippen LogP contribution in [0.2, 0.25) is 0 Å². The number of thiophene rings is 1. The van der Waals surface area contributed by atoms with Crippen LogP contribution >= 0.6 is 11.3 Å². The summed E-state index contributed by atoms with van der Waals surface area (Å²) in [5, 5.41) is 15.8. The molecule has 0 unspecified atom stereocenters. The maximum absolute atomic E-state index is 13.2. The van der Waals surface area contributed by atoms with Crippen molar-refractivity contribution >= 4 is 27.4 Å². The Bertz CT molecular complexity index is 1260. The van der Waals surface area contributed by atoms with Crippen molar-refractivity contribution in [2.45, 2.75) is 46.0 Å². The summed E-state index contributed by atoms with van der Waals surface area (Å²) in [6, 6.07) is 2.04. The van der Waals surface area contributed by atoms with Crippen LogP contribution in [0.15, 0.2) is 10.5 Å². The second kappa shape index (κ2) is 7.25. The molecule has 1 aliphatic heterocycles. The Morgan fingerprint density at radius 2 is 1.97 bits per heavy atom. The molecule has 0 aliphatic carbocycles. The smallest absolute Gasteiger partial charge is 0.418 e. The maximum Gasteiger partial charge on any atom is 0.451 e. The van der Waals surface area contributed by atoms with Crippen LogP contribution < -0.4 is 4.90 Å². The molecule has 162 valence electrons. The second-order valence-electron chi connectivity index (χ2n) is 7.19. The molecule has 0 bridgehead atoms. The van der Waals surface area contributed by atoms with Gasteiger partial charge in [0.15, 0.2) is 5.82 Å². The fourth-order valence-electron chi connectivity index (χ4n) is 3.60. The van der Waals surface area contributed by atoms with E-state index in [0.29, 0.717) is 18.3 Å². The topological polar surface area (TPSA) is 98.7 Å². The predicted molar refractivity (Wildman–Crippen MR) is 106 cm³/mol. The number of anilines is 1. The standard InChI is InChI=1S/C18H17F3N8OS/c1-3-4-10-7-11-14(22-13(23-16(11)31-10)15-26-24-9(2)30-15)28-5-6-29-12(8-28)25-27-17(29)18(19,20)21/h7H,3-6,8H2,1-2H3. The lowest BCUT2D eigenvalue weighted by Gasteiger charge is -2.29. The minimum atomic E-state index is -4.54. The van der Waals surface area contributed by atoms with Gasteiger partial charge in [-0.1, -0.05) is 13.3 Å². The van der Waals surface area contributed by atoms with E-state index in [1.54, 1.807) is 18.3 Å². The van der Waals surface area contributed by atoms with Gasteiger partial charge < -0.3 is 13.9 Å². The fraction of sp³-hybridized carbons (Fsp3) is 0.444. The third-order valence-corrected chi connectivity index (χ3v) is 6.03.